The highest BCUT2D eigenvalue weighted by atomic mass is 79.9. The standard InChI is InChI=1S/C11H12BrNO4/c1-16-11(15)8(12)6-17-9-5-3-2-4-7(9)10(13)14/h2-5,8H,6H2,1H3,(H2,13,14). The van der Waals surface area contributed by atoms with E-state index in [9.17, 15) is 9.59 Å². The van der Waals surface area contributed by atoms with Crippen LogP contribution in [0.2, 0.25) is 0 Å². The van der Waals surface area contributed by atoms with Crippen LogP contribution in [0.4, 0.5) is 0 Å². The molecule has 0 saturated carbocycles. The highest BCUT2D eigenvalue weighted by molar-refractivity contribution is 9.10. The van der Waals surface area contributed by atoms with Gasteiger partial charge in [0.05, 0.1) is 12.7 Å². The van der Waals surface area contributed by atoms with Crippen LogP contribution in [-0.2, 0) is 9.53 Å². The van der Waals surface area contributed by atoms with E-state index in [4.69, 9.17) is 10.5 Å². The van der Waals surface area contributed by atoms with E-state index >= 15 is 0 Å². The number of ether oxygens (including phenoxy) is 2. The first kappa shape index (κ1) is 13.5. The Labute approximate surface area is 107 Å². The molecular formula is C11H12BrNO4. The van der Waals surface area contributed by atoms with Crippen LogP contribution in [0.25, 0.3) is 0 Å². The fraction of sp³-hybridized carbons (Fsp3) is 0.273. The van der Waals surface area contributed by atoms with Gasteiger partial charge in [0.2, 0.25) is 0 Å². The van der Waals surface area contributed by atoms with Crippen molar-refractivity contribution in [3.8, 4) is 5.75 Å². The molecule has 5 nitrogen and oxygen atoms in total. The number of nitrogens with two attached hydrogens (primary N) is 1. The molecule has 1 aromatic rings. The van der Waals surface area contributed by atoms with E-state index in [1.807, 2.05) is 0 Å². The lowest BCUT2D eigenvalue weighted by molar-refractivity contribution is -0.140. The van der Waals surface area contributed by atoms with Gasteiger partial charge >= 0.3 is 5.97 Å². The maximum absolute atomic E-state index is 11.1. The molecule has 17 heavy (non-hydrogen) atoms. The van der Waals surface area contributed by atoms with Crippen molar-refractivity contribution in [3.05, 3.63) is 29.8 Å². The number of rotatable bonds is 5. The van der Waals surface area contributed by atoms with E-state index in [1.54, 1.807) is 24.3 Å². The Kier molecular flexibility index (Phi) is 4.96. The molecule has 1 rings (SSSR count). The van der Waals surface area contributed by atoms with Gasteiger partial charge in [-0.25, -0.2) is 0 Å². The number of halogens is 1. The van der Waals surface area contributed by atoms with Crippen LogP contribution in [-0.4, -0.2) is 30.4 Å². The minimum absolute atomic E-state index is 0.0525. The maximum atomic E-state index is 11.1. The number of hydrogen-bond acceptors (Lipinski definition) is 4. The van der Waals surface area contributed by atoms with Crippen molar-refractivity contribution in [3.63, 3.8) is 0 Å². The second-order valence-corrected chi connectivity index (χ2v) is 4.27. The number of hydrogen-bond donors (Lipinski definition) is 1. The quantitative estimate of drug-likeness (QED) is 0.652. The summed E-state index contributed by atoms with van der Waals surface area (Å²) in [5.41, 5.74) is 5.46. The molecule has 2 N–H and O–H groups in total. The highest BCUT2D eigenvalue weighted by Gasteiger charge is 2.17. The third-order valence-electron chi connectivity index (χ3n) is 1.99. The first-order valence-electron chi connectivity index (χ1n) is 4.79. The number of alkyl halides is 1. The van der Waals surface area contributed by atoms with Gasteiger partial charge in [-0.3, -0.25) is 9.59 Å². The smallest absolute Gasteiger partial charge is 0.322 e. The molecule has 0 fully saturated rings. The first-order chi connectivity index (χ1) is 8.06. The predicted octanol–water partition coefficient (Wildman–Crippen LogP) is 1.10. The molecule has 0 radical (unpaired) electrons. The van der Waals surface area contributed by atoms with Crippen LogP contribution in [0.1, 0.15) is 10.4 Å². The molecule has 1 unspecified atom stereocenters. The van der Waals surface area contributed by atoms with Gasteiger partial charge < -0.3 is 15.2 Å². The third kappa shape index (κ3) is 3.74. The molecule has 92 valence electrons. The monoisotopic (exact) mass is 301 g/mol. The molecule has 0 heterocycles. The van der Waals surface area contributed by atoms with Gasteiger partial charge in [0.15, 0.2) is 0 Å². The Balaban J connectivity index is 2.69. The Bertz CT molecular complexity index is 422. The van der Waals surface area contributed by atoms with Crippen LogP contribution in [0, 0.1) is 0 Å². The number of methoxy groups -OCH3 is 1. The van der Waals surface area contributed by atoms with Crippen molar-refractivity contribution < 1.29 is 19.1 Å². The lowest BCUT2D eigenvalue weighted by Crippen LogP contribution is -2.23. The molecule has 0 aliphatic rings. The van der Waals surface area contributed by atoms with Gasteiger partial charge in [0, 0.05) is 0 Å². The van der Waals surface area contributed by atoms with Gasteiger partial charge in [-0.2, -0.15) is 0 Å². The number of benzene rings is 1. The van der Waals surface area contributed by atoms with Crippen molar-refractivity contribution in [2.45, 2.75) is 4.83 Å². The minimum Gasteiger partial charge on any atom is -0.491 e. The third-order valence-corrected chi connectivity index (χ3v) is 2.63. The number of carbonyl (C=O) groups is 2. The highest BCUT2D eigenvalue weighted by Crippen LogP contribution is 2.18. The van der Waals surface area contributed by atoms with Crippen LogP contribution in [0.5, 0.6) is 5.75 Å². The number of carbonyl (C=O) groups excluding carboxylic acids is 2. The average molecular weight is 302 g/mol. The predicted molar refractivity (Wildman–Crippen MR) is 65.2 cm³/mol. The number of primary amides is 1. The molecule has 0 saturated heterocycles. The van der Waals surface area contributed by atoms with Crippen LogP contribution in [0.3, 0.4) is 0 Å². The second-order valence-electron chi connectivity index (χ2n) is 3.16. The molecule has 6 heteroatoms. The second kappa shape index (κ2) is 6.24. The SMILES string of the molecule is COC(=O)C(Br)COc1ccccc1C(N)=O. The Morgan fingerprint density at radius 3 is 2.65 bits per heavy atom. The van der Waals surface area contributed by atoms with Gasteiger partial charge in [-0.1, -0.05) is 28.1 Å². The van der Waals surface area contributed by atoms with Crippen molar-refractivity contribution >= 4 is 27.8 Å². The van der Waals surface area contributed by atoms with E-state index in [1.165, 1.54) is 7.11 Å². The Morgan fingerprint density at radius 1 is 1.41 bits per heavy atom. The summed E-state index contributed by atoms with van der Waals surface area (Å²) in [5, 5.41) is 0. The summed E-state index contributed by atoms with van der Waals surface area (Å²) in [4.78, 5) is 21.6. The minimum atomic E-state index is -0.589. The molecule has 0 aliphatic carbocycles. The van der Waals surface area contributed by atoms with Gasteiger partial charge in [0.25, 0.3) is 5.91 Å². The summed E-state index contributed by atoms with van der Waals surface area (Å²) < 4.78 is 9.86. The number of esters is 1. The fourth-order valence-corrected chi connectivity index (χ4v) is 1.47. The lowest BCUT2D eigenvalue weighted by Gasteiger charge is -2.11. The van der Waals surface area contributed by atoms with E-state index in [2.05, 4.69) is 20.7 Å². The summed E-state index contributed by atoms with van der Waals surface area (Å²) >= 11 is 3.11. The van der Waals surface area contributed by atoms with Crippen LogP contribution in [0.15, 0.2) is 24.3 Å². The number of para-hydroxylation sites is 1. The van der Waals surface area contributed by atoms with E-state index < -0.39 is 16.7 Å². The van der Waals surface area contributed by atoms with Crippen molar-refractivity contribution in [1.82, 2.24) is 0 Å². The first-order valence-corrected chi connectivity index (χ1v) is 5.71. The summed E-state index contributed by atoms with van der Waals surface area (Å²) in [7, 11) is 1.29. The van der Waals surface area contributed by atoms with Crippen molar-refractivity contribution in [1.29, 1.82) is 0 Å². The molecular weight excluding hydrogens is 290 g/mol. The molecule has 0 bridgehead atoms. The Morgan fingerprint density at radius 2 is 2.06 bits per heavy atom. The van der Waals surface area contributed by atoms with Crippen LogP contribution < -0.4 is 10.5 Å². The summed E-state index contributed by atoms with van der Waals surface area (Å²) in [6.07, 6.45) is 0. The molecule has 0 aromatic heterocycles. The van der Waals surface area contributed by atoms with Crippen LogP contribution >= 0.6 is 15.9 Å². The largest absolute Gasteiger partial charge is 0.491 e. The van der Waals surface area contributed by atoms with Gasteiger partial charge in [0.1, 0.15) is 17.2 Å². The zero-order valence-electron chi connectivity index (χ0n) is 9.18. The van der Waals surface area contributed by atoms with E-state index in [0.29, 0.717) is 5.75 Å². The number of amides is 1. The van der Waals surface area contributed by atoms with Gasteiger partial charge in [-0.05, 0) is 12.1 Å². The van der Waals surface area contributed by atoms with Crippen molar-refractivity contribution in [2.24, 2.45) is 5.73 Å². The fourth-order valence-electron chi connectivity index (χ4n) is 1.15. The molecule has 0 aliphatic heterocycles. The molecule has 1 amide bonds. The van der Waals surface area contributed by atoms with E-state index in [0.717, 1.165) is 0 Å². The molecule has 0 spiro atoms. The summed E-state index contributed by atoms with van der Waals surface area (Å²) in [6.45, 7) is 0.0525. The summed E-state index contributed by atoms with van der Waals surface area (Å²) in [5.74, 6) is -0.681. The zero-order valence-corrected chi connectivity index (χ0v) is 10.8. The van der Waals surface area contributed by atoms with E-state index in [-0.39, 0.29) is 12.2 Å². The topological polar surface area (TPSA) is 78.6 Å². The lowest BCUT2D eigenvalue weighted by atomic mass is 10.2. The summed E-state index contributed by atoms with van der Waals surface area (Å²) in [6, 6.07) is 6.55. The van der Waals surface area contributed by atoms with Gasteiger partial charge in [-0.15, -0.1) is 0 Å². The van der Waals surface area contributed by atoms with Crippen molar-refractivity contribution in [2.75, 3.05) is 13.7 Å². The Hall–Kier alpha value is -1.56. The molecule has 1 atom stereocenters. The molecule has 1 aromatic carbocycles. The maximum Gasteiger partial charge on any atom is 0.322 e. The zero-order chi connectivity index (χ0) is 12.8. The average Bonchev–Trinajstić information content (AvgIpc) is 2.35. The normalized spacial score (nSPS) is 11.6.